The molecule has 1 N–H and O–H groups in total. The molecule has 0 saturated heterocycles. The van der Waals surface area contributed by atoms with E-state index in [1.54, 1.807) is 4.90 Å². The first-order valence-electron chi connectivity index (χ1n) is 10.9. The lowest BCUT2D eigenvalue weighted by Gasteiger charge is -2.16. The molecule has 0 aliphatic heterocycles. The van der Waals surface area contributed by atoms with Gasteiger partial charge in [0.25, 0.3) is 5.91 Å². The van der Waals surface area contributed by atoms with E-state index in [4.69, 9.17) is 4.98 Å². The summed E-state index contributed by atoms with van der Waals surface area (Å²) < 4.78 is 4.14. The van der Waals surface area contributed by atoms with E-state index in [1.165, 1.54) is 0 Å². The number of para-hydroxylation sites is 2. The molecule has 0 atom stereocenters. The van der Waals surface area contributed by atoms with Crippen LogP contribution in [0.3, 0.4) is 0 Å². The van der Waals surface area contributed by atoms with E-state index in [2.05, 4.69) is 34.9 Å². The highest BCUT2D eigenvalue weighted by atomic mass is 16.2. The number of nitrogens with zero attached hydrogens (tertiary/aromatic N) is 5. The summed E-state index contributed by atoms with van der Waals surface area (Å²) in [6.45, 7) is 4.19. The molecule has 0 unspecified atom stereocenters. The highest BCUT2D eigenvalue weighted by Gasteiger charge is 2.21. The Balaban J connectivity index is 1.48. The highest BCUT2D eigenvalue weighted by Crippen LogP contribution is 2.16. The standard InChI is InChI=1S/C24H30N6O/c1-4-5-15-28(2)24(31)23-20(30-16-9-8-12-22(30)27-23)17-25-14-13-21-26-18-10-6-7-11-19(18)29(21)3/h6-12,16,25H,4-5,13-15,17H2,1-3H3. The van der Waals surface area contributed by atoms with Crippen LogP contribution in [0, 0.1) is 0 Å². The number of aryl methyl sites for hydroxylation is 1. The smallest absolute Gasteiger partial charge is 0.274 e. The van der Waals surface area contributed by atoms with Gasteiger partial charge in [-0.2, -0.15) is 0 Å². The fourth-order valence-electron chi connectivity index (χ4n) is 3.89. The molecule has 0 saturated carbocycles. The molecule has 3 heterocycles. The van der Waals surface area contributed by atoms with Crippen molar-refractivity contribution in [2.75, 3.05) is 20.1 Å². The minimum absolute atomic E-state index is 0.0238. The minimum Gasteiger partial charge on any atom is -0.340 e. The zero-order valence-corrected chi connectivity index (χ0v) is 18.5. The Hall–Kier alpha value is -3.19. The molecule has 1 amide bonds. The van der Waals surface area contributed by atoms with Crippen LogP contribution in [0.1, 0.15) is 41.8 Å². The number of nitrogens with one attached hydrogen (secondary N) is 1. The second-order valence-electron chi connectivity index (χ2n) is 7.92. The molecule has 162 valence electrons. The summed E-state index contributed by atoms with van der Waals surface area (Å²) in [4.78, 5) is 24.2. The molecule has 31 heavy (non-hydrogen) atoms. The number of benzene rings is 1. The van der Waals surface area contributed by atoms with Crippen LogP contribution in [0.25, 0.3) is 16.7 Å². The second-order valence-corrected chi connectivity index (χ2v) is 7.92. The van der Waals surface area contributed by atoms with E-state index >= 15 is 0 Å². The molecule has 0 fully saturated rings. The lowest BCUT2D eigenvalue weighted by Crippen LogP contribution is -2.30. The summed E-state index contributed by atoms with van der Waals surface area (Å²) in [5.74, 6) is 1.02. The average Bonchev–Trinajstić information content (AvgIpc) is 3.32. The number of hydrogen-bond acceptors (Lipinski definition) is 4. The lowest BCUT2D eigenvalue weighted by molar-refractivity contribution is 0.0787. The summed E-state index contributed by atoms with van der Waals surface area (Å²) in [7, 11) is 3.91. The van der Waals surface area contributed by atoms with Crippen molar-refractivity contribution in [2.45, 2.75) is 32.7 Å². The number of fused-ring (bicyclic) bond motifs is 2. The maximum absolute atomic E-state index is 13.0. The van der Waals surface area contributed by atoms with Gasteiger partial charge in [0, 0.05) is 46.3 Å². The van der Waals surface area contributed by atoms with Gasteiger partial charge in [-0.1, -0.05) is 31.5 Å². The summed E-state index contributed by atoms with van der Waals surface area (Å²) in [6.07, 6.45) is 4.82. The topological polar surface area (TPSA) is 67.5 Å². The summed E-state index contributed by atoms with van der Waals surface area (Å²) in [5.41, 5.74) is 4.38. The van der Waals surface area contributed by atoms with Gasteiger partial charge in [-0.15, -0.1) is 0 Å². The molecule has 4 rings (SSSR count). The Morgan fingerprint density at radius 3 is 2.74 bits per heavy atom. The fraction of sp³-hybridized carbons (Fsp3) is 0.375. The molecule has 0 aliphatic carbocycles. The molecule has 4 aromatic rings. The van der Waals surface area contributed by atoms with Gasteiger partial charge in [0.2, 0.25) is 0 Å². The Kier molecular flexibility index (Phi) is 6.32. The third kappa shape index (κ3) is 4.32. The number of carbonyl (C=O) groups is 1. The maximum Gasteiger partial charge on any atom is 0.274 e. The molecule has 0 radical (unpaired) electrons. The van der Waals surface area contributed by atoms with Crippen molar-refractivity contribution >= 4 is 22.6 Å². The average molecular weight is 419 g/mol. The van der Waals surface area contributed by atoms with Crippen LogP contribution in [0.15, 0.2) is 48.7 Å². The quantitative estimate of drug-likeness (QED) is 0.423. The van der Waals surface area contributed by atoms with E-state index in [0.29, 0.717) is 12.2 Å². The Bertz CT molecular complexity index is 1190. The van der Waals surface area contributed by atoms with E-state index in [1.807, 2.05) is 54.0 Å². The first kappa shape index (κ1) is 21.1. The number of aromatic nitrogens is 4. The van der Waals surface area contributed by atoms with Crippen molar-refractivity contribution < 1.29 is 4.79 Å². The molecular weight excluding hydrogens is 388 g/mol. The number of pyridine rings is 1. The van der Waals surface area contributed by atoms with E-state index in [0.717, 1.165) is 60.6 Å². The normalized spacial score (nSPS) is 11.5. The molecular formula is C24H30N6O. The van der Waals surface area contributed by atoms with Gasteiger partial charge in [0.1, 0.15) is 11.5 Å². The molecule has 1 aromatic carbocycles. The molecule has 7 heteroatoms. The second kappa shape index (κ2) is 9.31. The highest BCUT2D eigenvalue weighted by molar-refractivity contribution is 5.94. The molecule has 0 bridgehead atoms. The number of rotatable bonds is 9. The van der Waals surface area contributed by atoms with Crippen LogP contribution in [0.2, 0.25) is 0 Å². The summed E-state index contributed by atoms with van der Waals surface area (Å²) in [6, 6.07) is 14.0. The van der Waals surface area contributed by atoms with Crippen molar-refractivity contribution in [3.8, 4) is 0 Å². The first-order chi connectivity index (χ1) is 15.1. The number of carbonyl (C=O) groups excluding carboxylic acids is 1. The zero-order chi connectivity index (χ0) is 21.8. The van der Waals surface area contributed by atoms with Gasteiger partial charge in [-0.3, -0.25) is 4.79 Å². The SMILES string of the molecule is CCCCN(C)C(=O)c1nc2ccccn2c1CNCCc1nc2ccccc2n1C. The summed E-state index contributed by atoms with van der Waals surface area (Å²) in [5, 5.41) is 3.49. The molecule has 0 spiro atoms. The maximum atomic E-state index is 13.0. The van der Waals surface area contributed by atoms with Crippen molar-refractivity contribution in [2.24, 2.45) is 7.05 Å². The Morgan fingerprint density at radius 1 is 1.13 bits per heavy atom. The van der Waals surface area contributed by atoms with Crippen LogP contribution in [-0.2, 0) is 20.0 Å². The van der Waals surface area contributed by atoms with E-state index in [9.17, 15) is 4.79 Å². The molecule has 3 aromatic heterocycles. The lowest BCUT2D eigenvalue weighted by atomic mass is 10.2. The number of hydrogen-bond donors (Lipinski definition) is 1. The van der Waals surface area contributed by atoms with Crippen LogP contribution in [-0.4, -0.2) is 49.9 Å². The number of unbranched alkanes of at least 4 members (excludes halogenated alkanes) is 1. The number of amides is 1. The van der Waals surface area contributed by atoms with Gasteiger partial charge in [0.15, 0.2) is 5.69 Å². The first-order valence-corrected chi connectivity index (χ1v) is 10.9. The number of imidazole rings is 2. The Morgan fingerprint density at radius 2 is 1.94 bits per heavy atom. The van der Waals surface area contributed by atoms with Gasteiger partial charge in [-0.05, 0) is 30.7 Å². The predicted octanol–water partition coefficient (Wildman–Crippen LogP) is 3.43. The van der Waals surface area contributed by atoms with Crippen molar-refractivity contribution in [1.29, 1.82) is 0 Å². The third-order valence-corrected chi connectivity index (χ3v) is 5.72. The van der Waals surface area contributed by atoms with Crippen LogP contribution >= 0.6 is 0 Å². The largest absolute Gasteiger partial charge is 0.340 e. The van der Waals surface area contributed by atoms with E-state index in [-0.39, 0.29) is 5.91 Å². The van der Waals surface area contributed by atoms with Crippen molar-refractivity contribution in [3.63, 3.8) is 0 Å². The summed E-state index contributed by atoms with van der Waals surface area (Å²) >= 11 is 0. The van der Waals surface area contributed by atoms with Crippen LogP contribution < -0.4 is 5.32 Å². The Labute approximate surface area is 182 Å². The van der Waals surface area contributed by atoms with Crippen LogP contribution in [0.4, 0.5) is 0 Å². The van der Waals surface area contributed by atoms with Crippen molar-refractivity contribution in [3.05, 3.63) is 65.9 Å². The van der Waals surface area contributed by atoms with Crippen molar-refractivity contribution in [1.82, 2.24) is 29.2 Å². The van der Waals surface area contributed by atoms with Gasteiger partial charge in [-0.25, -0.2) is 9.97 Å². The molecule has 0 aliphatic rings. The zero-order valence-electron chi connectivity index (χ0n) is 18.5. The monoisotopic (exact) mass is 418 g/mol. The van der Waals surface area contributed by atoms with Gasteiger partial charge < -0.3 is 19.2 Å². The minimum atomic E-state index is -0.0238. The van der Waals surface area contributed by atoms with Crippen LogP contribution in [0.5, 0.6) is 0 Å². The molecule has 7 nitrogen and oxygen atoms in total. The third-order valence-electron chi connectivity index (χ3n) is 5.72. The fourth-order valence-corrected chi connectivity index (χ4v) is 3.89. The predicted molar refractivity (Wildman–Crippen MR) is 123 cm³/mol. The van der Waals surface area contributed by atoms with Gasteiger partial charge >= 0.3 is 0 Å². The van der Waals surface area contributed by atoms with Gasteiger partial charge in [0.05, 0.1) is 16.7 Å². The van der Waals surface area contributed by atoms with E-state index < -0.39 is 0 Å².